The fourth-order valence-electron chi connectivity index (χ4n) is 4.21. The van der Waals surface area contributed by atoms with E-state index in [0.29, 0.717) is 13.1 Å². The number of methoxy groups -OCH3 is 1. The van der Waals surface area contributed by atoms with E-state index in [-0.39, 0.29) is 18.1 Å². The molecule has 2 aromatic rings. The van der Waals surface area contributed by atoms with Crippen LogP contribution in [0.3, 0.4) is 0 Å². The van der Waals surface area contributed by atoms with Gasteiger partial charge in [0.1, 0.15) is 17.6 Å². The molecule has 2 aromatic carbocycles. The third kappa shape index (κ3) is 3.99. The first-order chi connectivity index (χ1) is 13.7. The summed E-state index contributed by atoms with van der Waals surface area (Å²) in [6.07, 6.45) is 2.99. The quantitative estimate of drug-likeness (QED) is 0.863. The van der Waals surface area contributed by atoms with E-state index in [9.17, 15) is 4.79 Å². The Bertz CT molecular complexity index is 851. The number of hydrogen-bond donors (Lipinski definition) is 1. The van der Waals surface area contributed by atoms with Crippen LogP contribution < -0.4 is 14.8 Å². The van der Waals surface area contributed by atoms with E-state index in [1.165, 1.54) is 11.1 Å². The van der Waals surface area contributed by atoms with Crippen molar-refractivity contribution in [3.63, 3.8) is 0 Å². The number of rotatable bonds is 5. The molecule has 5 heteroatoms. The van der Waals surface area contributed by atoms with E-state index in [4.69, 9.17) is 9.47 Å². The van der Waals surface area contributed by atoms with Crippen LogP contribution in [0.5, 0.6) is 11.5 Å². The highest BCUT2D eigenvalue weighted by Gasteiger charge is 2.27. The van der Waals surface area contributed by atoms with Crippen molar-refractivity contribution >= 4 is 5.91 Å². The highest BCUT2D eigenvalue weighted by molar-refractivity contribution is 5.78. The van der Waals surface area contributed by atoms with E-state index in [1.807, 2.05) is 24.3 Å². The lowest BCUT2D eigenvalue weighted by Gasteiger charge is -2.23. The normalized spacial score (nSPS) is 21.2. The third-order valence-electron chi connectivity index (χ3n) is 5.71. The number of aryl methyl sites for hydroxylation is 1. The average molecular weight is 380 g/mol. The molecule has 0 bridgehead atoms. The van der Waals surface area contributed by atoms with Gasteiger partial charge in [-0.25, -0.2) is 0 Å². The Morgan fingerprint density at radius 1 is 1.25 bits per heavy atom. The smallest absolute Gasteiger partial charge is 0.234 e. The van der Waals surface area contributed by atoms with Crippen LogP contribution in [0, 0.1) is 0 Å². The van der Waals surface area contributed by atoms with Gasteiger partial charge < -0.3 is 14.8 Å². The Morgan fingerprint density at radius 3 is 2.93 bits per heavy atom. The maximum atomic E-state index is 12.8. The molecule has 0 radical (unpaired) electrons. The number of hydrogen-bond acceptors (Lipinski definition) is 4. The number of carbonyl (C=O) groups excluding carboxylic acids is 1. The van der Waals surface area contributed by atoms with Gasteiger partial charge in [0.25, 0.3) is 0 Å². The minimum absolute atomic E-state index is 0.0721. The predicted octanol–water partition coefficient (Wildman–Crippen LogP) is 3.47. The number of fused-ring (bicyclic) bond motifs is 2. The van der Waals surface area contributed by atoms with E-state index >= 15 is 0 Å². The van der Waals surface area contributed by atoms with Gasteiger partial charge in [-0.1, -0.05) is 31.2 Å². The Hall–Kier alpha value is -2.53. The van der Waals surface area contributed by atoms with Gasteiger partial charge in [-0.15, -0.1) is 0 Å². The predicted molar refractivity (Wildman–Crippen MR) is 109 cm³/mol. The van der Waals surface area contributed by atoms with Gasteiger partial charge in [0.05, 0.1) is 19.7 Å². The molecule has 0 aromatic heterocycles. The van der Waals surface area contributed by atoms with Crippen molar-refractivity contribution in [2.75, 3.05) is 20.2 Å². The second-order valence-corrected chi connectivity index (χ2v) is 7.65. The van der Waals surface area contributed by atoms with E-state index in [1.54, 1.807) is 7.11 Å². The standard InChI is InChI=1S/C23H28N2O3/c1-3-18-14-25(13-17-12-19(27-2)9-11-22(17)28-18)15-23(26)24-21-10-8-16-6-4-5-7-20(16)21/h4-7,9,11-12,18,21H,3,8,10,13-15H2,1-2H3,(H,24,26). The van der Waals surface area contributed by atoms with Crippen LogP contribution >= 0.6 is 0 Å². The van der Waals surface area contributed by atoms with Crippen LogP contribution in [0.1, 0.15) is 42.5 Å². The Morgan fingerprint density at radius 2 is 2.11 bits per heavy atom. The monoisotopic (exact) mass is 380 g/mol. The van der Waals surface area contributed by atoms with Crippen molar-refractivity contribution in [1.29, 1.82) is 0 Å². The molecular formula is C23H28N2O3. The summed E-state index contributed by atoms with van der Waals surface area (Å²) in [6, 6.07) is 14.4. The van der Waals surface area contributed by atoms with Gasteiger partial charge in [0.2, 0.25) is 5.91 Å². The van der Waals surface area contributed by atoms with E-state index in [2.05, 4.69) is 35.3 Å². The molecule has 5 nitrogen and oxygen atoms in total. The van der Waals surface area contributed by atoms with E-state index in [0.717, 1.165) is 42.9 Å². The Labute approximate surface area is 166 Å². The molecule has 0 fully saturated rings. The van der Waals surface area contributed by atoms with Crippen LogP contribution in [0.2, 0.25) is 0 Å². The molecule has 148 valence electrons. The molecule has 1 aliphatic carbocycles. The second-order valence-electron chi connectivity index (χ2n) is 7.65. The summed E-state index contributed by atoms with van der Waals surface area (Å²) >= 11 is 0. The van der Waals surface area contributed by atoms with Crippen LogP contribution in [-0.4, -0.2) is 37.1 Å². The molecule has 1 heterocycles. The van der Waals surface area contributed by atoms with Crippen molar-refractivity contribution in [3.8, 4) is 11.5 Å². The third-order valence-corrected chi connectivity index (χ3v) is 5.71. The molecule has 1 aliphatic heterocycles. The number of ether oxygens (including phenoxy) is 2. The number of nitrogens with zero attached hydrogens (tertiary/aromatic N) is 1. The van der Waals surface area contributed by atoms with Crippen LogP contribution in [0.15, 0.2) is 42.5 Å². The van der Waals surface area contributed by atoms with Gasteiger partial charge in [0, 0.05) is 18.7 Å². The summed E-state index contributed by atoms with van der Waals surface area (Å²) in [5, 5.41) is 3.24. The summed E-state index contributed by atoms with van der Waals surface area (Å²) in [5.74, 6) is 1.77. The first kappa shape index (κ1) is 18.8. The lowest BCUT2D eigenvalue weighted by Crippen LogP contribution is -2.41. The number of benzene rings is 2. The molecule has 1 amide bonds. The molecule has 0 spiro atoms. The molecular weight excluding hydrogens is 352 g/mol. The lowest BCUT2D eigenvalue weighted by molar-refractivity contribution is -0.123. The zero-order valence-corrected chi connectivity index (χ0v) is 16.6. The van der Waals surface area contributed by atoms with Crippen LogP contribution in [0.25, 0.3) is 0 Å². The summed E-state index contributed by atoms with van der Waals surface area (Å²) in [7, 11) is 1.67. The Kier molecular flexibility index (Phi) is 5.53. The van der Waals surface area contributed by atoms with Crippen molar-refractivity contribution < 1.29 is 14.3 Å². The molecule has 0 saturated heterocycles. The average Bonchev–Trinajstić information content (AvgIpc) is 3.01. The second kappa shape index (κ2) is 8.23. The van der Waals surface area contributed by atoms with Gasteiger partial charge in [-0.05, 0) is 48.6 Å². The summed E-state index contributed by atoms with van der Waals surface area (Å²) in [5.41, 5.74) is 3.67. The first-order valence-electron chi connectivity index (χ1n) is 10.1. The zero-order chi connectivity index (χ0) is 19.5. The Balaban J connectivity index is 1.45. The van der Waals surface area contributed by atoms with Crippen molar-refractivity contribution in [2.24, 2.45) is 0 Å². The van der Waals surface area contributed by atoms with E-state index < -0.39 is 0 Å². The highest BCUT2D eigenvalue weighted by atomic mass is 16.5. The minimum Gasteiger partial charge on any atom is -0.497 e. The van der Waals surface area contributed by atoms with Gasteiger partial charge in [-0.3, -0.25) is 9.69 Å². The minimum atomic E-state index is 0.0721. The molecule has 2 aliphatic rings. The van der Waals surface area contributed by atoms with Crippen molar-refractivity contribution in [3.05, 3.63) is 59.2 Å². The van der Waals surface area contributed by atoms with Crippen molar-refractivity contribution in [1.82, 2.24) is 10.2 Å². The number of nitrogens with one attached hydrogen (secondary N) is 1. The summed E-state index contributed by atoms with van der Waals surface area (Å²) < 4.78 is 11.5. The van der Waals surface area contributed by atoms with Gasteiger partial charge in [0.15, 0.2) is 0 Å². The highest BCUT2D eigenvalue weighted by Crippen LogP contribution is 2.31. The number of amides is 1. The fourth-order valence-corrected chi connectivity index (χ4v) is 4.21. The molecule has 28 heavy (non-hydrogen) atoms. The van der Waals surface area contributed by atoms with Gasteiger partial charge >= 0.3 is 0 Å². The maximum absolute atomic E-state index is 12.8. The van der Waals surface area contributed by atoms with Gasteiger partial charge in [-0.2, -0.15) is 0 Å². The van der Waals surface area contributed by atoms with Crippen LogP contribution in [0.4, 0.5) is 0 Å². The van der Waals surface area contributed by atoms with Crippen molar-refractivity contribution in [2.45, 2.75) is 44.9 Å². The molecule has 2 atom stereocenters. The number of carbonyl (C=O) groups is 1. The topological polar surface area (TPSA) is 50.8 Å². The maximum Gasteiger partial charge on any atom is 0.234 e. The summed E-state index contributed by atoms with van der Waals surface area (Å²) in [4.78, 5) is 15.0. The molecule has 0 saturated carbocycles. The lowest BCUT2D eigenvalue weighted by atomic mass is 10.1. The first-order valence-corrected chi connectivity index (χ1v) is 10.1. The SMILES string of the molecule is CCC1CN(CC(=O)NC2CCc3ccccc32)Cc2cc(OC)ccc2O1. The molecule has 1 N–H and O–H groups in total. The molecule has 4 rings (SSSR count). The zero-order valence-electron chi connectivity index (χ0n) is 16.6. The fraction of sp³-hybridized carbons (Fsp3) is 0.435. The largest absolute Gasteiger partial charge is 0.497 e. The molecule has 2 unspecified atom stereocenters. The summed E-state index contributed by atoms with van der Waals surface area (Å²) in [6.45, 7) is 3.90. The van der Waals surface area contributed by atoms with Crippen LogP contribution in [-0.2, 0) is 17.8 Å².